The Morgan fingerprint density at radius 2 is 1.63 bits per heavy atom. The number of rotatable bonds is 7. The third-order valence-electron chi connectivity index (χ3n) is 5.10. The number of carbonyl (C=O) groups excluding carboxylic acids is 1. The van der Waals surface area contributed by atoms with Crippen molar-refractivity contribution in [3.05, 3.63) is 89.5 Å². The van der Waals surface area contributed by atoms with E-state index in [1.54, 1.807) is 47.8 Å². The zero-order chi connectivity index (χ0) is 21.1. The van der Waals surface area contributed by atoms with E-state index in [-0.39, 0.29) is 28.7 Å². The van der Waals surface area contributed by atoms with Crippen LogP contribution in [0.1, 0.15) is 24.0 Å². The fourth-order valence-corrected chi connectivity index (χ4v) is 5.08. The Balaban J connectivity index is 1.42. The molecule has 1 amide bonds. The van der Waals surface area contributed by atoms with Gasteiger partial charge in [-0.25, -0.2) is 8.78 Å². The second kappa shape index (κ2) is 8.82. The van der Waals surface area contributed by atoms with Crippen molar-refractivity contribution in [2.45, 2.75) is 33.8 Å². The van der Waals surface area contributed by atoms with E-state index in [0.717, 1.165) is 28.2 Å². The van der Waals surface area contributed by atoms with Gasteiger partial charge in [0, 0.05) is 25.8 Å². The Bertz CT molecular complexity index is 1050. The number of halogens is 2. The molecular formula is C24H21F2NOS2. The molecule has 3 aromatic carbocycles. The van der Waals surface area contributed by atoms with Crippen LogP contribution in [0.4, 0.5) is 14.5 Å². The van der Waals surface area contributed by atoms with Crippen molar-refractivity contribution in [1.29, 1.82) is 0 Å². The molecule has 30 heavy (non-hydrogen) atoms. The Hall–Kier alpha value is -2.31. The van der Waals surface area contributed by atoms with Crippen LogP contribution in [0.5, 0.6) is 0 Å². The molecule has 0 radical (unpaired) electrons. The molecule has 0 aromatic heterocycles. The molecule has 0 bridgehead atoms. The quantitative estimate of drug-likeness (QED) is 0.416. The number of anilines is 1. The summed E-state index contributed by atoms with van der Waals surface area (Å²) in [5.74, 6) is -0.791. The van der Waals surface area contributed by atoms with E-state index in [1.165, 1.54) is 18.2 Å². The van der Waals surface area contributed by atoms with E-state index in [2.05, 4.69) is 5.32 Å². The third-order valence-corrected chi connectivity index (χ3v) is 7.37. The van der Waals surface area contributed by atoms with Crippen LogP contribution in [0, 0.1) is 11.6 Å². The van der Waals surface area contributed by atoms with Crippen LogP contribution in [0.25, 0.3) is 0 Å². The highest BCUT2D eigenvalue weighted by molar-refractivity contribution is 8.00. The molecule has 1 aliphatic rings. The fraction of sp³-hybridized carbons (Fsp3) is 0.208. The number of hydrogen-bond donors (Lipinski definition) is 1. The molecule has 0 spiro atoms. The number of amides is 1. The Morgan fingerprint density at radius 3 is 2.23 bits per heavy atom. The molecule has 1 saturated carbocycles. The highest BCUT2D eigenvalue weighted by atomic mass is 32.2. The number of carbonyl (C=O) groups is 1. The lowest BCUT2D eigenvalue weighted by Crippen LogP contribution is -2.15. The lowest BCUT2D eigenvalue weighted by atomic mass is 10.1. The summed E-state index contributed by atoms with van der Waals surface area (Å²) in [5.41, 5.74) is 1.99. The lowest BCUT2D eigenvalue weighted by molar-refractivity contribution is -0.115. The zero-order valence-electron chi connectivity index (χ0n) is 16.5. The molecule has 154 valence electrons. The van der Waals surface area contributed by atoms with E-state index in [9.17, 15) is 13.6 Å². The summed E-state index contributed by atoms with van der Waals surface area (Å²) < 4.78 is 27.7. The summed E-state index contributed by atoms with van der Waals surface area (Å²) in [6.07, 6.45) is 3.97. The van der Waals surface area contributed by atoms with Crippen LogP contribution in [-0.4, -0.2) is 12.2 Å². The van der Waals surface area contributed by atoms with Gasteiger partial charge in [-0.3, -0.25) is 4.79 Å². The highest BCUT2D eigenvalue weighted by Crippen LogP contribution is 2.60. The molecule has 1 fully saturated rings. The first-order valence-corrected chi connectivity index (χ1v) is 11.7. The van der Waals surface area contributed by atoms with Crippen LogP contribution in [-0.2, 0) is 16.0 Å². The van der Waals surface area contributed by atoms with Crippen LogP contribution in [0.15, 0.2) is 76.5 Å². The number of nitrogens with one attached hydrogen (secondary N) is 1. The predicted octanol–water partition coefficient (Wildman–Crippen LogP) is 6.65. The molecular weight excluding hydrogens is 420 g/mol. The van der Waals surface area contributed by atoms with Crippen molar-refractivity contribution < 1.29 is 13.6 Å². The van der Waals surface area contributed by atoms with Crippen LogP contribution < -0.4 is 5.32 Å². The molecule has 1 aliphatic carbocycles. The first kappa shape index (κ1) is 20.9. The van der Waals surface area contributed by atoms with Crippen molar-refractivity contribution in [1.82, 2.24) is 0 Å². The molecule has 0 saturated heterocycles. The summed E-state index contributed by atoms with van der Waals surface area (Å²) in [6.45, 7) is 0. The van der Waals surface area contributed by atoms with Gasteiger partial charge in [0.2, 0.25) is 5.91 Å². The van der Waals surface area contributed by atoms with Gasteiger partial charge >= 0.3 is 0 Å². The standard InChI is InChI=1S/C24H21F2NOS2/c1-29-19-7-2-16(3-8-19)14-23(28)27-18-6-11-21(22(26)15-18)24(12-13-24)30-20-9-4-17(25)5-10-20/h2-11,15H,12-14H2,1H3,(H,27,28). The van der Waals surface area contributed by atoms with Gasteiger partial charge in [0.05, 0.1) is 6.42 Å². The van der Waals surface area contributed by atoms with Crippen LogP contribution in [0.2, 0.25) is 0 Å². The van der Waals surface area contributed by atoms with Crippen molar-refractivity contribution in [3.63, 3.8) is 0 Å². The van der Waals surface area contributed by atoms with Gasteiger partial charge in [-0.2, -0.15) is 0 Å². The molecule has 6 heteroatoms. The van der Waals surface area contributed by atoms with Gasteiger partial charge in [-0.05, 0) is 73.2 Å². The summed E-state index contributed by atoms with van der Waals surface area (Å²) in [4.78, 5) is 14.4. The Kier molecular flexibility index (Phi) is 6.16. The molecule has 0 heterocycles. The van der Waals surface area contributed by atoms with E-state index >= 15 is 0 Å². The second-order valence-electron chi connectivity index (χ2n) is 7.32. The molecule has 0 aliphatic heterocycles. The van der Waals surface area contributed by atoms with Crippen molar-refractivity contribution in [2.24, 2.45) is 0 Å². The summed E-state index contributed by atoms with van der Waals surface area (Å²) in [5, 5.41) is 2.78. The van der Waals surface area contributed by atoms with Gasteiger partial charge in [0.25, 0.3) is 0 Å². The molecule has 1 N–H and O–H groups in total. The minimum atomic E-state index is -0.329. The molecule has 4 rings (SSSR count). The molecule has 3 aromatic rings. The zero-order valence-corrected chi connectivity index (χ0v) is 18.1. The number of thioether (sulfide) groups is 2. The first-order valence-electron chi connectivity index (χ1n) is 9.65. The molecule has 0 atom stereocenters. The van der Waals surface area contributed by atoms with E-state index in [4.69, 9.17) is 0 Å². The van der Waals surface area contributed by atoms with Gasteiger partial charge in [-0.15, -0.1) is 23.5 Å². The van der Waals surface area contributed by atoms with Gasteiger partial charge in [0.15, 0.2) is 0 Å². The molecule has 2 nitrogen and oxygen atoms in total. The van der Waals surface area contributed by atoms with Crippen molar-refractivity contribution >= 4 is 35.1 Å². The highest BCUT2D eigenvalue weighted by Gasteiger charge is 2.47. The van der Waals surface area contributed by atoms with Gasteiger partial charge in [-0.1, -0.05) is 18.2 Å². The fourth-order valence-electron chi connectivity index (χ4n) is 3.36. The Labute approximate surface area is 183 Å². The lowest BCUT2D eigenvalue weighted by Gasteiger charge is -2.17. The first-order chi connectivity index (χ1) is 14.5. The van der Waals surface area contributed by atoms with Crippen LogP contribution in [0.3, 0.4) is 0 Å². The maximum Gasteiger partial charge on any atom is 0.228 e. The topological polar surface area (TPSA) is 29.1 Å². The second-order valence-corrected chi connectivity index (χ2v) is 9.65. The smallest absolute Gasteiger partial charge is 0.228 e. The maximum absolute atomic E-state index is 14.9. The van der Waals surface area contributed by atoms with Gasteiger partial charge in [0.1, 0.15) is 11.6 Å². The monoisotopic (exact) mass is 441 g/mol. The third kappa shape index (κ3) is 4.87. The average Bonchev–Trinajstić information content (AvgIpc) is 3.50. The Morgan fingerprint density at radius 1 is 0.967 bits per heavy atom. The number of hydrogen-bond acceptors (Lipinski definition) is 3. The van der Waals surface area contributed by atoms with E-state index < -0.39 is 0 Å². The minimum absolute atomic E-state index is 0.180. The SMILES string of the molecule is CSc1ccc(CC(=O)Nc2ccc(C3(Sc4ccc(F)cc4)CC3)c(F)c2)cc1. The van der Waals surface area contributed by atoms with Crippen molar-refractivity contribution in [3.8, 4) is 0 Å². The predicted molar refractivity (Wildman–Crippen MR) is 120 cm³/mol. The van der Waals surface area contributed by atoms with E-state index in [0.29, 0.717) is 11.3 Å². The maximum atomic E-state index is 14.9. The summed E-state index contributed by atoms with van der Waals surface area (Å²) >= 11 is 3.21. The van der Waals surface area contributed by atoms with Gasteiger partial charge < -0.3 is 5.32 Å². The number of benzene rings is 3. The summed E-state index contributed by atoms with van der Waals surface area (Å²) in [7, 11) is 0. The normalized spacial score (nSPS) is 14.4. The summed E-state index contributed by atoms with van der Waals surface area (Å²) in [6, 6.07) is 19.0. The van der Waals surface area contributed by atoms with Crippen LogP contribution >= 0.6 is 23.5 Å². The van der Waals surface area contributed by atoms with Crippen molar-refractivity contribution in [2.75, 3.05) is 11.6 Å². The molecule has 0 unspecified atom stereocenters. The minimum Gasteiger partial charge on any atom is -0.326 e. The largest absolute Gasteiger partial charge is 0.326 e. The van der Waals surface area contributed by atoms with E-state index in [1.807, 2.05) is 30.5 Å². The average molecular weight is 442 g/mol.